The van der Waals surface area contributed by atoms with Gasteiger partial charge in [-0.15, -0.1) is 0 Å². The minimum absolute atomic E-state index is 0.146. The highest BCUT2D eigenvalue weighted by Gasteiger charge is 2.30. The molecule has 3 rings (SSSR count). The zero-order chi connectivity index (χ0) is 17.2. The van der Waals surface area contributed by atoms with Crippen LogP contribution in [0.3, 0.4) is 0 Å². The van der Waals surface area contributed by atoms with Crippen LogP contribution in [0.1, 0.15) is 11.1 Å². The smallest absolute Gasteiger partial charge is 0.324 e. The molecule has 3 nitrogen and oxygen atoms in total. The maximum Gasteiger partial charge on any atom is 0.416 e. The third-order valence-electron chi connectivity index (χ3n) is 3.56. The number of pyridine rings is 1. The molecule has 0 spiro atoms. The predicted molar refractivity (Wildman–Crippen MR) is 85.5 cm³/mol. The number of carbonyl (C=O) groups excluding carboxylic acids is 1. The van der Waals surface area contributed by atoms with Crippen LogP contribution in [-0.2, 0) is 17.4 Å². The second-order valence-electron chi connectivity index (χ2n) is 5.33. The molecule has 0 aliphatic rings. The van der Waals surface area contributed by atoms with Gasteiger partial charge in [-0.05, 0) is 11.6 Å². The van der Waals surface area contributed by atoms with Gasteiger partial charge in [0.15, 0.2) is 0 Å². The summed E-state index contributed by atoms with van der Waals surface area (Å²) in [6.07, 6.45) is -1.37. The number of rotatable bonds is 3. The highest BCUT2D eigenvalue weighted by atomic mass is 19.4. The second-order valence-corrected chi connectivity index (χ2v) is 5.33. The zero-order valence-corrected chi connectivity index (χ0v) is 12.5. The van der Waals surface area contributed by atoms with Gasteiger partial charge in [-0.2, -0.15) is 13.2 Å². The van der Waals surface area contributed by atoms with Gasteiger partial charge >= 0.3 is 6.18 Å². The van der Waals surface area contributed by atoms with Crippen LogP contribution < -0.4 is 5.32 Å². The maximum absolute atomic E-state index is 12.7. The largest absolute Gasteiger partial charge is 0.416 e. The Bertz CT molecular complexity index is 885. The lowest BCUT2D eigenvalue weighted by Gasteiger charge is -2.10. The molecule has 122 valence electrons. The van der Waals surface area contributed by atoms with Crippen LogP contribution in [0.2, 0.25) is 0 Å². The zero-order valence-electron chi connectivity index (χ0n) is 12.5. The van der Waals surface area contributed by atoms with Gasteiger partial charge in [0.2, 0.25) is 5.91 Å². The number of benzene rings is 2. The van der Waals surface area contributed by atoms with Gasteiger partial charge in [0.05, 0.1) is 23.9 Å². The fourth-order valence-electron chi connectivity index (χ4n) is 2.45. The van der Waals surface area contributed by atoms with Gasteiger partial charge in [-0.1, -0.05) is 42.5 Å². The number of hydrogen-bond donors (Lipinski definition) is 1. The van der Waals surface area contributed by atoms with E-state index in [-0.39, 0.29) is 6.42 Å². The van der Waals surface area contributed by atoms with E-state index in [2.05, 4.69) is 10.3 Å². The quantitative estimate of drug-likeness (QED) is 0.772. The Hall–Kier alpha value is -2.89. The van der Waals surface area contributed by atoms with Crippen LogP contribution in [0.5, 0.6) is 0 Å². The van der Waals surface area contributed by atoms with Crippen molar-refractivity contribution in [2.24, 2.45) is 0 Å². The first kappa shape index (κ1) is 16.0. The van der Waals surface area contributed by atoms with E-state index < -0.39 is 17.6 Å². The van der Waals surface area contributed by atoms with Crippen molar-refractivity contribution in [1.82, 2.24) is 4.98 Å². The number of carbonyl (C=O) groups is 1. The lowest BCUT2D eigenvalue weighted by molar-refractivity contribution is -0.137. The van der Waals surface area contributed by atoms with E-state index in [0.717, 1.165) is 22.9 Å². The number of halogens is 3. The average molecular weight is 330 g/mol. The highest BCUT2D eigenvalue weighted by molar-refractivity contribution is 6.02. The molecule has 0 fully saturated rings. The summed E-state index contributed by atoms with van der Waals surface area (Å²) in [7, 11) is 0. The monoisotopic (exact) mass is 330 g/mol. The van der Waals surface area contributed by atoms with E-state index in [1.54, 1.807) is 6.20 Å². The summed E-state index contributed by atoms with van der Waals surface area (Å²) in [5.74, 6) is -0.396. The van der Waals surface area contributed by atoms with E-state index in [1.807, 2.05) is 24.3 Å². The fourth-order valence-corrected chi connectivity index (χ4v) is 2.45. The molecular weight excluding hydrogens is 317 g/mol. The number of nitrogens with one attached hydrogen (secondary N) is 1. The molecule has 24 heavy (non-hydrogen) atoms. The molecule has 0 aliphatic carbocycles. The van der Waals surface area contributed by atoms with Gasteiger partial charge in [-0.25, -0.2) is 0 Å². The Labute approximate surface area is 136 Å². The number of nitrogens with zero attached hydrogens (tertiary/aromatic N) is 1. The van der Waals surface area contributed by atoms with Crippen LogP contribution in [0.25, 0.3) is 10.8 Å². The van der Waals surface area contributed by atoms with Crippen LogP contribution in [0.15, 0.2) is 60.9 Å². The van der Waals surface area contributed by atoms with Crippen molar-refractivity contribution in [3.05, 3.63) is 72.1 Å². The topological polar surface area (TPSA) is 42.0 Å². The molecule has 0 saturated carbocycles. The molecule has 0 radical (unpaired) electrons. The SMILES string of the molecule is O=C(Cc1cccc(C(F)(F)F)c1)Nc1cncc2ccccc12. The molecule has 0 unspecified atom stereocenters. The van der Waals surface area contributed by atoms with Crippen LogP contribution >= 0.6 is 0 Å². The molecule has 1 N–H and O–H groups in total. The summed E-state index contributed by atoms with van der Waals surface area (Å²) >= 11 is 0. The fraction of sp³-hybridized carbons (Fsp3) is 0.111. The van der Waals surface area contributed by atoms with Crippen molar-refractivity contribution in [2.45, 2.75) is 12.6 Å². The van der Waals surface area contributed by atoms with Crippen molar-refractivity contribution < 1.29 is 18.0 Å². The van der Waals surface area contributed by atoms with Crippen LogP contribution in [0.4, 0.5) is 18.9 Å². The van der Waals surface area contributed by atoms with Gasteiger partial charge in [-0.3, -0.25) is 9.78 Å². The molecule has 1 heterocycles. The molecule has 0 atom stereocenters. The van der Waals surface area contributed by atoms with E-state index in [4.69, 9.17) is 0 Å². The summed E-state index contributed by atoms with van der Waals surface area (Å²) < 4.78 is 38.2. The number of alkyl halides is 3. The van der Waals surface area contributed by atoms with E-state index in [1.165, 1.54) is 18.3 Å². The molecule has 1 amide bonds. The molecule has 2 aromatic carbocycles. The molecule has 3 aromatic rings. The maximum atomic E-state index is 12.7. The molecule has 6 heteroatoms. The first-order chi connectivity index (χ1) is 11.4. The van der Waals surface area contributed by atoms with E-state index >= 15 is 0 Å². The summed E-state index contributed by atoms with van der Waals surface area (Å²) in [5.41, 5.74) is 0.0697. The van der Waals surface area contributed by atoms with Crippen LogP contribution in [0, 0.1) is 0 Å². The minimum Gasteiger partial charge on any atom is -0.324 e. The lowest BCUT2D eigenvalue weighted by Crippen LogP contribution is -2.15. The van der Waals surface area contributed by atoms with Crippen molar-refractivity contribution in [1.29, 1.82) is 0 Å². The predicted octanol–water partition coefficient (Wildman–Crippen LogP) is 4.43. The second kappa shape index (κ2) is 6.31. The number of fused-ring (bicyclic) bond motifs is 1. The summed E-state index contributed by atoms with van der Waals surface area (Å²) in [5, 5.41) is 4.40. The van der Waals surface area contributed by atoms with Gasteiger partial charge in [0.25, 0.3) is 0 Å². The molecule has 0 saturated heterocycles. The Balaban J connectivity index is 1.78. The highest BCUT2D eigenvalue weighted by Crippen LogP contribution is 2.29. The Morgan fingerprint density at radius 2 is 1.83 bits per heavy atom. The minimum atomic E-state index is -4.42. The molecular formula is C18H13F3N2O. The van der Waals surface area contributed by atoms with Gasteiger partial charge in [0, 0.05) is 17.0 Å². The van der Waals surface area contributed by atoms with Crippen molar-refractivity contribution in [3.8, 4) is 0 Å². The van der Waals surface area contributed by atoms with Gasteiger partial charge in [0.1, 0.15) is 0 Å². The number of aromatic nitrogens is 1. The Kier molecular flexibility index (Phi) is 4.20. The number of hydrogen-bond acceptors (Lipinski definition) is 2. The lowest BCUT2D eigenvalue weighted by atomic mass is 10.1. The van der Waals surface area contributed by atoms with E-state index in [9.17, 15) is 18.0 Å². The van der Waals surface area contributed by atoms with Crippen molar-refractivity contribution >= 4 is 22.4 Å². The summed E-state index contributed by atoms with van der Waals surface area (Å²) in [6.45, 7) is 0. The molecule has 1 aromatic heterocycles. The third-order valence-corrected chi connectivity index (χ3v) is 3.56. The first-order valence-electron chi connectivity index (χ1n) is 7.22. The first-order valence-corrected chi connectivity index (χ1v) is 7.22. The number of anilines is 1. The Morgan fingerprint density at radius 3 is 2.62 bits per heavy atom. The standard InChI is InChI=1S/C18H13F3N2O/c19-18(20,21)14-6-3-4-12(8-14)9-17(24)23-16-11-22-10-13-5-1-2-7-15(13)16/h1-8,10-11H,9H2,(H,23,24). The number of amides is 1. The van der Waals surface area contributed by atoms with Crippen LogP contribution in [-0.4, -0.2) is 10.9 Å². The normalized spacial score (nSPS) is 11.5. The molecule has 0 bridgehead atoms. The van der Waals surface area contributed by atoms with Gasteiger partial charge < -0.3 is 5.32 Å². The summed E-state index contributed by atoms with van der Waals surface area (Å²) in [6, 6.07) is 12.2. The van der Waals surface area contributed by atoms with E-state index in [0.29, 0.717) is 11.3 Å². The Morgan fingerprint density at radius 1 is 1.04 bits per heavy atom. The van der Waals surface area contributed by atoms with Crippen molar-refractivity contribution in [3.63, 3.8) is 0 Å². The third kappa shape index (κ3) is 3.53. The van der Waals surface area contributed by atoms with Crippen molar-refractivity contribution in [2.75, 3.05) is 5.32 Å². The average Bonchev–Trinajstić information content (AvgIpc) is 2.54. The summed E-state index contributed by atoms with van der Waals surface area (Å²) in [4.78, 5) is 16.2. The molecule has 0 aliphatic heterocycles.